The zero-order valence-electron chi connectivity index (χ0n) is 10.2. The lowest BCUT2D eigenvalue weighted by Gasteiger charge is -2.22. The van der Waals surface area contributed by atoms with Crippen LogP contribution in [0.5, 0.6) is 0 Å². The van der Waals surface area contributed by atoms with Gasteiger partial charge in [0.25, 0.3) is 0 Å². The van der Waals surface area contributed by atoms with Crippen LogP contribution in [-0.4, -0.2) is 39.1 Å². The van der Waals surface area contributed by atoms with Gasteiger partial charge in [0.05, 0.1) is 5.69 Å². The van der Waals surface area contributed by atoms with E-state index in [1.807, 2.05) is 12.1 Å². The fourth-order valence-electron chi connectivity index (χ4n) is 1.58. The minimum Gasteiger partial charge on any atom is -0.399 e. The standard InChI is InChI=1S/C12H20IN3/c1-15(2)7-4-8-16(3)12-6-5-10(14)9-11(12)13/h5-6,9H,4,7-8,14H2,1-3H3. The maximum absolute atomic E-state index is 5.74. The molecule has 16 heavy (non-hydrogen) atoms. The average Bonchev–Trinajstić information content (AvgIpc) is 2.16. The van der Waals surface area contributed by atoms with Crippen molar-refractivity contribution in [3.8, 4) is 0 Å². The van der Waals surface area contributed by atoms with Crippen LogP contribution in [0.4, 0.5) is 11.4 Å². The summed E-state index contributed by atoms with van der Waals surface area (Å²) in [6.07, 6.45) is 1.17. The Kier molecular flexibility index (Phi) is 5.34. The van der Waals surface area contributed by atoms with Gasteiger partial charge in [-0.1, -0.05) is 0 Å². The minimum absolute atomic E-state index is 0.829. The van der Waals surface area contributed by atoms with Crippen LogP contribution in [0.15, 0.2) is 18.2 Å². The summed E-state index contributed by atoms with van der Waals surface area (Å²) < 4.78 is 1.21. The van der Waals surface area contributed by atoms with E-state index in [0.29, 0.717) is 0 Å². The number of nitrogen functional groups attached to an aromatic ring is 1. The third-order valence-electron chi connectivity index (χ3n) is 2.48. The summed E-state index contributed by atoms with van der Waals surface area (Å²) in [5.41, 5.74) is 7.82. The lowest BCUT2D eigenvalue weighted by molar-refractivity contribution is 0.401. The topological polar surface area (TPSA) is 32.5 Å². The molecule has 90 valence electrons. The number of hydrogen-bond acceptors (Lipinski definition) is 3. The van der Waals surface area contributed by atoms with Gasteiger partial charge in [-0.3, -0.25) is 0 Å². The number of hydrogen-bond donors (Lipinski definition) is 1. The third kappa shape index (κ3) is 4.17. The van der Waals surface area contributed by atoms with E-state index in [4.69, 9.17) is 5.73 Å². The summed E-state index contributed by atoms with van der Waals surface area (Å²) in [5, 5.41) is 0. The first kappa shape index (κ1) is 13.6. The third-order valence-corrected chi connectivity index (χ3v) is 3.35. The normalized spacial score (nSPS) is 10.8. The highest BCUT2D eigenvalue weighted by molar-refractivity contribution is 14.1. The van der Waals surface area contributed by atoms with Crippen molar-refractivity contribution < 1.29 is 0 Å². The van der Waals surface area contributed by atoms with Crippen LogP contribution in [0.2, 0.25) is 0 Å². The fourth-order valence-corrected chi connectivity index (χ4v) is 2.53. The molecule has 0 aliphatic heterocycles. The molecule has 0 bridgehead atoms. The number of halogens is 1. The zero-order chi connectivity index (χ0) is 12.1. The Morgan fingerprint density at radius 3 is 2.44 bits per heavy atom. The molecule has 2 N–H and O–H groups in total. The molecular formula is C12H20IN3. The van der Waals surface area contributed by atoms with Gasteiger partial charge in [0.2, 0.25) is 0 Å². The van der Waals surface area contributed by atoms with Crippen molar-refractivity contribution >= 4 is 34.0 Å². The Hall–Kier alpha value is -0.490. The second-order valence-corrected chi connectivity index (χ2v) is 5.45. The van der Waals surface area contributed by atoms with Crippen molar-refractivity contribution in [2.45, 2.75) is 6.42 Å². The number of rotatable bonds is 5. The number of nitrogens with two attached hydrogens (primary N) is 1. The van der Waals surface area contributed by atoms with E-state index in [2.05, 4.69) is 59.6 Å². The van der Waals surface area contributed by atoms with Crippen molar-refractivity contribution in [3.05, 3.63) is 21.8 Å². The zero-order valence-corrected chi connectivity index (χ0v) is 12.4. The van der Waals surface area contributed by atoms with Gasteiger partial charge in [0, 0.05) is 22.8 Å². The largest absolute Gasteiger partial charge is 0.399 e. The molecule has 0 heterocycles. The molecule has 0 atom stereocenters. The summed E-state index contributed by atoms with van der Waals surface area (Å²) in [7, 11) is 6.34. The van der Waals surface area contributed by atoms with E-state index in [1.54, 1.807) is 0 Å². The molecule has 0 unspecified atom stereocenters. The Bertz CT molecular complexity index is 339. The summed E-state index contributed by atoms with van der Waals surface area (Å²) >= 11 is 2.33. The average molecular weight is 333 g/mol. The highest BCUT2D eigenvalue weighted by Crippen LogP contribution is 2.23. The van der Waals surface area contributed by atoms with Crippen LogP contribution in [0, 0.1) is 3.57 Å². The van der Waals surface area contributed by atoms with Gasteiger partial charge in [0.15, 0.2) is 0 Å². The van der Waals surface area contributed by atoms with Crippen LogP contribution in [-0.2, 0) is 0 Å². The molecule has 1 aromatic carbocycles. The predicted molar refractivity (Wildman–Crippen MR) is 80.0 cm³/mol. The minimum atomic E-state index is 0.829. The fraction of sp³-hybridized carbons (Fsp3) is 0.500. The van der Waals surface area contributed by atoms with Crippen LogP contribution < -0.4 is 10.6 Å². The van der Waals surface area contributed by atoms with Crippen LogP contribution in [0.25, 0.3) is 0 Å². The first-order valence-electron chi connectivity index (χ1n) is 5.41. The second kappa shape index (κ2) is 6.30. The van der Waals surface area contributed by atoms with Crippen molar-refractivity contribution in [1.82, 2.24) is 4.90 Å². The molecule has 0 aliphatic carbocycles. The van der Waals surface area contributed by atoms with Gasteiger partial charge in [-0.15, -0.1) is 0 Å². The van der Waals surface area contributed by atoms with Crippen molar-refractivity contribution in [2.24, 2.45) is 0 Å². The smallest absolute Gasteiger partial charge is 0.0500 e. The van der Waals surface area contributed by atoms with E-state index < -0.39 is 0 Å². The second-order valence-electron chi connectivity index (χ2n) is 4.29. The van der Waals surface area contributed by atoms with Crippen LogP contribution in [0.3, 0.4) is 0 Å². The van der Waals surface area contributed by atoms with Crippen molar-refractivity contribution in [1.29, 1.82) is 0 Å². The molecule has 0 radical (unpaired) electrons. The lowest BCUT2D eigenvalue weighted by atomic mass is 10.2. The Balaban J connectivity index is 2.55. The van der Waals surface area contributed by atoms with E-state index in [9.17, 15) is 0 Å². The molecule has 0 aliphatic rings. The van der Waals surface area contributed by atoms with Gasteiger partial charge < -0.3 is 15.5 Å². The van der Waals surface area contributed by atoms with Gasteiger partial charge >= 0.3 is 0 Å². The summed E-state index contributed by atoms with van der Waals surface area (Å²) in [4.78, 5) is 4.49. The van der Waals surface area contributed by atoms with E-state index in [-0.39, 0.29) is 0 Å². The summed E-state index contributed by atoms with van der Waals surface area (Å²) in [5.74, 6) is 0. The Labute approximate surface area is 112 Å². The molecule has 3 nitrogen and oxygen atoms in total. The highest BCUT2D eigenvalue weighted by atomic mass is 127. The molecule has 0 saturated heterocycles. The van der Waals surface area contributed by atoms with Gasteiger partial charge in [-0.25, -0.2) is 0 Å². The van der Waals surface area contributed by atoms with Crippen molar-refractivity contribution in [3.63, 3.8) is 0 Å². The summed E-state index contributed by atoms with van der Waals surface area (Å²) in [6, 6.07) is 6.06. The van der Waals surface area contributed by atoms with Gasteiger partial charge in [0.1, 0.15) is 0 Å². The summed E-state index contributed by atoms with van der Waals surface area (Å²) in [6.45, 7) is 2.19. The Morgan fingerprint density at radius 1 is 1.19 bits per heavy atom. The monoisotopic (exact) mass is 333 g/mol. The molecule has 4 heteroatoms. The first-order chi connectivity index (χ1) is 7.50. The molecule has 1 rings (SSSR count). The maximum atomic E-state index is 5.74. The van der Waals surface area contributed by atoms with Gasteiger partial charge in [-0.2, -0.15) is 0 Å². The van der Waals surface area contributed by atoms with E-state index in [0.717, 1.165) is 18.8 Å². The lowest BCUT2D eigenvalue weighted by Crippen LogP contribution is -2.23. The van der Waals surface area contributed by atoms with Crippen LogP contribution >= 0.6 is 22.6 Å². The first-order valence-corrected chi connectivity index (χ1v) is 6.49. The number of benzene rings is 1. The van der Waals surface area contributed by atoms with Crippen molar-refractivity contribution in [2.75, 3.05) is 44.9 Å². The molecule has 1 aromatic rings. The maximum Gasteiger partial charge on any atom is 0.0500 e. The molecule has 0 amide bonds. The quantitative estimate of drug-likeness (QED) is 0.663. The predicted octanol–water partition coefficient (Wildman–Crippen LogP) is 2.26. The molecule has 0 aromatic heterocycles. The van der Waals surface area contributed by atoms with Crippen LogP contribution in [0.1, 0.15) is 6.42 Å². The molecule has 0 saturated carbocycles. The van der Waals surface area contributed by atoms with E-state index >= 15 is 0 Å². The number of nitrogens with zero attached hydrogens (tertiary/aromatic N) is 2. The molecule has 0 fully saturated rings. The van der Waals surface area contributed by atoms with E-state index in [1.165, 1.54) is 15.7 Å². The highest BCUT2D eigenvalue weighted by Gasteiger charge is 2.05. The molecular weight excluding hydrogens is 313 g/mol. The molecule has 0 spiro atoms. The van der Waals surface area contributed by atoms with Gasteiger partial charge in [-0.05, 0) is 67.9 Å². The Morgan fingerprint density at radius 2 is 1.88 bits per heavy atom. The number of anilines is 2. The SMILES string of the molecule is CN(C)CCCN(C)c1ccc(N)cc1I.